The quantitative estimate of drug-likeness (QED) is 0.862. The molecule has 0 spiro atoms. The van der Waals surface area contributed by atoms with E-state index >= 15 is 0 Å². The molecule has 0 fully saturated rings. The minimum absolute atomic E-state index is 0.916. The number of aromatic nitrogens is 2. The van der Waals surface area contributed by atoms with Crippen molar-refractivity contribution >= 4 is 0 Å². The zero-order chi connectivity index (χ0) is 13.7. The van der Waals surface area contributed by atoms with Crippen LogP contribution < -0.4 is 5.32 Å². The van der Waals surface area contributed by atoms with E-state index in [1.807, 2.05) is 0 Å². The average molecular weight is 257 g/mol. The molecule has 2 aromatic rings. The molecule has 0 atom stereocenters. The van der Waals surface area contributed by atoms with Gasteiger partial charge in [0.15, 0.2) is 0 Å². The number of hydrogen-bond acceptors (Lipinski definition) is 2. The van der Waals surface area contributed by atoms with Crippen molar-refractivity contribution in [1.82, 2.24) is 15.1 Å². The summed E-state index contributed by atoms with van der Waals surface area (Å²) in [5.74, 6) is 0. The molecule has 102 valence electrons. The van der Waals surface area contributed by atoms with Crippen molar-refractivity contribution in [2.75, 3.05) is 6.54 Å². The van der Waals surface area contributed by atoms with Crippen LogP contribution in [0.4, 0.5) is 0 Å². The van der Waals surface area contributed by atoms with Gasteiger partial charge in [0.25, 0.3) is 0 Å². The number of nitrogens with zero attached hydrogens (tertiary/aromatic N) is 2. The molecule has 0 aliphatic heterocycles. The molecule has 1 N–H and O–H groups in total. The number of nitrogens with one attached hydrogen (secondary N) is 1. The first kappa shape index (κ1) is 13.8. The second-order valence-corrected chi connectivity index (χ2v) is 4.89. The summed E-state index contributed by atoms with van der Waals surface area (Å²) in [4.78, 5) is 0. The normalized spacial score (nSPS) is 10.9. The maximum Gasteiger partial charge on any atom is 0.0641 e. The zero-order valence-electron chi connectivity index (χ0n) is 12.1. The number of benzene rings is 1. The summed E-state index contributed by atoms with van der Waals surface area (Å²) < 4.78 is 2.13. The Hall–Kier alpha value is -1.61. The molecule has 0 radical (unpaired) electrons. The van der Waals surface area contributed by atoms with E-state index in [-0.39, 0.29) is 0 Å². The van der Waals surface area contributed by atoms with E-state index in [0.717, 1.165) is 31.7 Å². The molecule has 0 amide bonds. The average Bonchev–Trinajstić information content (AvgIpc) is 2.70. The van der Waals surface area contributed by atoms with Crippen LogP contribution >= 0.6 is 0 Å². The summed E-state index contributed by atoms with van der Waals surface area (Å²) in [6.45, 7) is 9.25. The highest BCUT2D eigenvalue weighted by molar-refractivity contribution is 5.24. The summed E-state index contributed by atoms with van der Waals surface area (Å²) in [7, 11) is 0. The molecular formula is C16H23N3. The fourth-order valence-electron chi connectivity index (χ4n) is 2.34. The molecule has 0 aliphatic rings. The Balaban J connectivity index is 2.05. The van der Waals surface area contributed by atoms with E-state index in [0.29, 0.717) is 0 Å². The molecule has 19 heavy (non-hydrogen) atoms. The molecule has 0 saturated heterocycles. The second-order valence-electron chi connectivity index (χ2n) is 4.89. The third-order valence-electron chi connectivity index (χ3n) is 3.54. The molecule has 0 saturated carbocycles. The zero-order valence-corrected chi connectivity index (χ0v) is 12.1. The molecule has 1 aromatic heterocycles. The fraction of sp³-hybridized carbons (Fsp3) is 0.438. The molecular weight excluding hydrogens is 234 g/mol. The van der Waals surface area contributed by atoms with Gasteiger partial charge in [-0.05, 0) is 32.4 Å². The highest BCUT2D eigenvalue weighted by Gasteiger charge is 2.10. The molecule has 1 heterocycles. The first-order valence-corrected chi connectivity index (χ1v) is 7.00. The van der Waals surface area contributed by atoms with Crippen molar-refractivity contribution in [3.8, 4) is 0 Å². The van der Waals surface area contributed by atoms with Crippen LogP contribution in [0, 0.1) is 13.8 Å². The van der Waals surface area contributed by atoms with Crippen molar-refractivity contribution in [2.45, 2.75) is 40.3 Å². The minimum Gasteiger partial charge on any atom is -0.313 e. The Labute approximate surface area is 115 Å². The molecule has 0 bridgehead atoms. The maximum atomic E-state index is 4.65. The largest absolute Gasteiger partial charge is 0.313 e. The van der Waals surface area contributed by atoms with Crippen molar-refractivity contribution in [1.29, 1.82) is 0 Å². The van der Waals surface area contributed by atoms with Gasteiger partial charge in [0.2, 0.25) is 0 Å². The van der Waals surface area contributed by atoms with Gasteiger partial charge >= 0.3 is 0 Å². The SMILES string of the molecule is CCNCc1c(C)nn(CCc2ccccc2)c1C. The fourth-order valence-corrected chi connectivity index (χ4v) is 2.34. The summed E-state index contributed by atoms with van der Waals surface area (Å²) in [6.07, 6.45) is 1.03. The van der Waals surface area contributed by atoms with E-state index in [4.69, 9.17) is 0 Å². The molecule has 2 rings (SSSR count). The standard InChI is InChI=1S/C16H23N3/c1-4-17-12-16-13(2)18-19(14(16)3)11-10-15-8-6-5-7-9-15/h5-9,17H,4,10-12H2,1-3H3. The van der Waals surface area contributed by atoms with Crippen LogP contribution in [0.2, 0.25) is 0 Å². The Kier molecular flexibility index (Phi) is 4.74. The molecule has 0 aliphatic carbocycles. The van der Waals surface area contributed by atoms with Gasteiger partial charge in [-0.1, -0.05) is 37.3 Å². The van der Waals surface area contributed by atoms with Crippen LogP contribution in [0.1, 0.15) is 29.4 Å². The topological polar surface area (TPSA) is 29.9 Å². The Morgan fingerprint density at radius 3 is 2.58 bits per heavy atom. The third-order valence-corrected chi connectivity index (χ3v) is 3.54. The van der Waals surface area contributed by atoms with Crippen molar-refractivity contribution in [3.05, 3.63) is 52.8 Å². The lowest BCUT2D eigenvalue weighted by molar-refractivity contribution is 0.592. The van der Waals surface area contributed by atoms with E-state index in [9.17, 15) is 0 Å². The van der Waals surface area contributed by atoms with Crippen molar-refractivity contribution in [2.24, 2.45) is 0 Å². The number of hydrogen-bond donors (Lipinski definition) is 1. The number of aryl methyl sites for hydroxylation is 3. The Morgan fingerprint density at radius 1 is 1.16 bits per heavy atom. The van der Waals surface area contributed by atoms with Crippen LogP contribution in [0.5, 0.6) is 0 Å². The summed E-state index contributed by atoms with van der Waals surface area (Å²) in [5.41, 5.74) is 5.14. The number of rotatable bonds is 6. The van der Waals surface area contributed by atoms with Gasteiger partial charge in [-0.3, -0.25) is 4.68 Å². The minimum atomic E-state index is 0.916. The lowest BCUT2D eigenvalue weighted by Crippen LogP contribution is -2.13. The third kappa shape index (κ3) is 3.44. The smallest absolute Gasteiger partial charge is 0.0641 e. The lowest BCUT2D eigenvalue weighted by atomic mass is 10.1. The molecule has 3 nitrogen and oxygen atoms in total. The van der Waals surface area contributed by atoms with Crippen LogP contribution in [0.25, 0.3) is 0 Å². The van der Waals surface area contributed by atoms with Crippen molar-refractivity contribution in [3.63, 3.8) is 0 Å². The molecule has 3 heteroatoms. The van der Waals surface area contributed by atoms with E-state index in [2.05, 4.69) is 66.2 Å². The van der Waals surface area contributed by atoms with Crippen molar-refractivity contribution < 1.29 is 0 Å². The Bertz CT molecular complexity index is 514. The lowest BCUT2D eigenvalue weighted by Gasteiger charge is -2.06. The van der Waals surface area contributed by atoms with Gasteiger partial charge in [0.1, 0.15) is 0 Å². The van der Waals surface area contributed by atoms with Gasteiger partial charge in [0, 0.05) is 24.3 Å². The second kappa shape index (κ2) is 6.53. The predicted molar refractivity (Wildman–Crippen MR) is 79.2 cm³/mol. The molecule has 0 unspecified atom stereocenters. The maximum absolute atomic E-state index is 4.65. The van der Waals surface area contributed by atoms with Crippen LogP contribution in [-0.4, -0.2) is 16.3 Å². The highest BCUT2D eigenvalue weighted by atomic mass is 15.3. The molecule has 1 aromatic carbocycles. The van der Waals surface area contributed by atoms with E-state index < -0.39 is 0 Å². The highest BCUT2D eigenvalue weighted by Crippen LogP contribution is 2.13. The van der Waals surface area contributed by atoms with Gasteiger partial charge in [-0.15, -0.1) is 0 Å². The van der Waals surface area contributed by atoms with Gasteiger partial charge in [-0.25, -0.2) is 0 Å². The summed E-state index contributed by atoms with van der Waals surface area (Å²) >= 11 is 0. The monoisotopic (exact) mass is 257 g/mol. The van der Waals surface area contributed by atoms with Crippen LogP contribution in [0.15, 0.2) is 30.3 Å². The summed E-state index contributed by atoms with van der Waals surface area (Å²) in [6, 6.07) is 10.6. The van der Waals surface area contributed by atoms with Gasteiger partial charge in [-0.2, -0.15) is 5.10 Å². The van der Waals surface area contributed by atoms with Gasteiger partial charge < -0.3 is 5.32 Å². The van der Waals surface area contributed by atoms with Crippen LogP contribution in [-0.2, 0) is 19.5 Å². The predicted octanol–water partition coefficient (Wildman–Crippen LogP) is 2.85. The van der Waals surface area contributed by atoms with E-state index in [1.54, 1.807) is 0 Å². The first-order valence-electron chi connectivity index (χ1n) is 7.00. The van der Waals surface area contributed by atoms with Crippen LogP contribution in [0.3, 0.4) is 0 Å². The van der Waals surface area contributed by atoms with E-state index in [1.165, 1.54) is 16.8 Å². The summed E-state index contributed by atoms with van der Waals surface area (Å²) in [5, 5.41) is 8.03. The van der Waals surface area contributed by atoms with Gasteiger partial charge in [0.05, 0.1) is 5.69 Å². The Morgan fingerprint density at radius 2 is 1.89 bits per heavy atom. The first-order chi connectivity index (χ1) is 9.22.